The lowest BCUT2D eigenvalue weighted by Gasteiger charge is -2.52. The normalized spacial score (nSPS) is 25.6. The summed E-state index contributed by atoms with van der Waals surface area (Å²) in [6, 6.07) is 58.7. The van der Waals surface area contributed by atoms with Crippen LogP contribution in [0.2, 0.25) is 0 Å². The fraction of sp³-hybridized carbons (Fsp3) is 0.333. The molecule has 2 aliphatic rings. The van der Waals surface area contributed by atoms with Crippen LogP contribution in [0.5, 0.6) is 0 Å². The van der Waals surface area contributed by atoms with Gasteiger partial charge in [-0.1, -0.05) is 182 Å². The maximum atomic E-state index is 11.8. The van der Waals surface area contributed by atoms with E-state index >= 15 is 0 Å². The molecule has 0 aliphatic carbocycles. The number of aliphatic hydroxyl groups is 2. The van der Waals surface area contributed by atoms with Crippen molar-refractivity contribution in [3.63, 3.8) is 0 Å². The molecule has 8 rings (SSSR count). The highest BCUT2D eigenvalue weighted by atomic mass is 16.8. The minimum atomic E-state index is -1.77. The standard InChI is InChI=1S/C54H58O11/c55-31-47-49(59-34-42-23-11-3-12-24-42)50(60-35-43-25-13-4-14-26-43)51(61-36-44-27-15-5-16-28-44)53(64-47)65-54(39-57-32-40-19-7-1-8-20-40)52(62-37-45-29-17-6-18-30-45)48(46(56)38-63-54)58-33-41-21-9-2-10-22-41/h1-30,46-53,55-56H,31-39H2/t46-,47-,48-,49-,50+,51-,52+,53-,54+/m1/s1. The Hall–Kier alpha value is -5.12. The summed E-state index contributed by atoms with van der Waals surface area (Å²) < 4.78 is 61.2. The minimum Gasteiger partial charge on any atom is -0.394 e. The highest BCUT2D eigenvalue weighted by Gasteiger charge is 2.58. The molecule has 0 aromatic heterocycles. The van der Waals surface area contributed by atoms with Gasteiger partial charge in [-0.15, -0.1) is 0 Å². The van der Waals surface area contributed by atoms with Gasteiger partial charge in [-0.05, 0) is 33.4 Å². The molecule has 0 radical (unpaired) electrons. The topological polar surface area (TPSA) is 124 Å². The van der Waals surface area contributed by atoms with Crippen molar-refractivity contribution in [1.29, 1.82) is 0 Å². The molecule has 65 heavy (non-hydrogen) atoms. The van der Waals surface area contributed by atoms with Crippen LogP contribution in [0.15, 0.2) is 182 Å². The molecule has 2 N–H and O–H groups in total. The summed E-state index contributed by atoms with van der Waals surface area (Å²) in [6.07, 6.45) is -7.98. The van der Waals surface area contributed by atoms with E-state index in [0.717, 1.165) is 33.4 Å². The fourth-order valence-electron chi connectivity index (χ4n) is 8.13. The van der Waals surface area contributed by atoms with Crippen molar-refractivity contribution in [3.8, 4) is 0 Å². The van der Waals surface area contributed by atoms with E-state index < -0.39 is 61.4 Å². The van der Waals surface area contributed by atoms with Gasteiger partial charge in [-0.3, -0.25) is 0 Å². The second kappa shape index (κ2) is 23.9. The van der Waals surface area contributed by atoms with Crippen molar-refractivity contribution in [2.24, 2.45) is 0 Å². The molecule has 0 bridgehead atoms. The third-order valence-corrected chi connectivity index (χ3v) is 11.5. The third kappa shape index (κ3) is 12.8. The fourth-order valence-corrected chi connectivity index (χ4v) is 8.13. The maximum absolute atomic E-state index is 11.8. The Balaban J connectivity index is 1.18. The van der Waals surface area contributed by atoms with Gasteiger partial charge < -0.3 is 52.8 Å². The number of hydrogen-bond acceptors (Lipinski definition) is 11. The lowest BCUT2D eigenvalue weighted by Crippen LogP contribution is -2.69. The second-order valence-corrected chi connectivity index (χ2v) is 16.3. The van der Waals surface area contributed by atoms with Gasteiger partial charge in [0.2, 0.25) is 5.79 Å². The van der Waals surface area contributed by atoms with Crippen molar-refractivity contribution < 1.29 is 52.8 Å². The Morgan fingerprint density at radius 1 is 0.446 bits per heavy atom. The summed E-state index contributed by atoms with van der Waals surface area (Å²) in [4.78, 5) is 0. The SMILES string of the molecule is OC[C@H]1O[C@H](O[C@]2(COCc3ccccc3)OC[C@@H](O)[C@@H](OCc3ccccc3)[C@@H]2OCc2ccccc2)[C@H](OCc2ccccc2)[C@@H](OCc2ccccc2)[C@@H]1OCc1ccccc1. The molecule has 9 atom stereocenters. The highest BCUT2D eigenvalue weighted by molar-refractivity contribution is 5.18. The molecule has 6 aromatic rings. The van der Waals surface area contributed by atoms with Crippen molar-refractivity contribution in [2.75, 3.05) is 19.8 Å². The van der Waals surface area contributed by atoms with E-state index in [-0.39, 0.29) is 52.9 Å². The van der Waals surface area contributed by atoms with Gasteiger partial charge in [-0.25, -0.2) is 0 Å². The van der Waals surface area contributed by atoms with Crippen LogP contribution in [0.1, 0.15) is 33.4 Å². The summed E-state index contributed by atoms with van der Waals surface area (Å²) in [5, 5.41) is 22.9. The maximum Gasteiger partial charge on any atom is 0.224 e. The van der Waals surface area contributed by atoms with Gasteiger partial charge in [0.1, 0.15) is 49.3 Å². The average Bonchev–Trinajstić information content (AvgIpc) is 3.36. The van der Waals surface area contributed by atoms with Crippen LogP contribution >= 0.6 is 0 Å². The zero-order chi connectivity index (χ0) is 44.5. The summed E-state index contributed by atoms with van der Waals surface area (Å²) in [7, 11) is 0. The number of benzene rings is 6. The van der Waals surface area contributed by atoms with Gasteiger partial charge in [0, 0.05) is 0 Å². The number of hydrogen-bond donors (Lipinski definition) is 2. The van der Waals surface area contributed by atoms with Crippen LogP contribution in [0.4, 0.5) is 0 Å². The van der Waals surface area contributed by atoms with Crippen LogP contribution in [0.25, 0.3) is 0 Å². The van der Waals surface area contributed by atoms with Crippen molar-refractivity contribution in [3.05, 3.63) is 215 Å². The largest absolute Gasteiger partial charge is 0.394 e. The van der Waals surface area contributed by atoms with Crippen molar-refractivity contribution in [2.45, 2.75) is 94.4 Å². The van der Waals surface area contributed by atoms with E-state index in [9.17, 15) is 10.2 Å². The Kier molecular flexibility index (Phi) is 17.1. The van der Waals surface area contributed by atoms with Gasteiger partial charge in [-0.2, -0.15) is 0 Å². The van der Waals surface area contributed by atoms with Crippen LogP contribution in [-0.2, 0) is 82.3 Å². The van der Waals surface area contributed by atoms with Crippen LogP contribution in [0, 0.1) is 0 Å². The van der Waals surface area contributed by atoms with Gasteiger partial charge in [0.05, 0.1) is 52.9 Å². The molecule has 2 fully saturated rings. The molecule has 0 saturated carbocycles. The molecular weight excluding hydrogens is 825 g/mol. The van der Waals surface area contributed by atoms with E-state index in [1.54, 1.807) is 0 Å². The van der Waals surface area contributed by atoms with Crippen LogP contribution < -0.4 is 0 Å². The van der Waals surface area contributed by atoms with Crippen molar-refractivity contribution >= 4 is 0 Å². The van der Waals surface area contributed by atoms with Crippen molar-refractivity contribution in [1.82, 2.24) is 0 Å². The predicted octanol–water partition coefficient (Wildman–Crippen LogP) is 7.95. The van der Waals surface area contributed by atoms with Crippen LogP contribution in [0.3, 0.4) is 0 Å². The van der Waals surface area contributed by atoms with E-state index in [1.165, 1.54) is 0 Å². The van der Waals surface area contributed by atoms with E-state index in [0.29, 0.717) is 0 Å². The van der Waals surface area contributed by atoms with Crippen LogP contribution in [-0.4, -0.2) is 84.8 Å². The number of ether oxygens (including phenoxy) is 9. The summed E-state index contributed by atoms with van der Waals surface area (Å²) in [5.74, 6) is -1.77. The summed E-state index contributed by atoms with van der Waals surface area (Å²) in [5.41, 5.74) is 5.52. The Morgan fingerprint density at radius 3 is 1.25 bits per heavy atom. The molecule has 2 saturated heterocycles. The second-order valence-electron chi connectivity index (χ2n) is 16.3. The molecule has 11 nitrogen and oxygen atoms in total. The van der Waals surface area contributed by atoms with E-state index in [2.05, 4.69) is 0 Å². The Labute approximate surface area is 381 Å². The van der Waals surface area contributed by atoms with E-state index in [4.69, 9.17) is 42.6 Å². The summed E-state index contributed by atoms with van der Waals surface area (Å²) >= 11 is 0. The van der Waals surface area contributed by atoms with E-state index in [1.807, 2.05) is 182 Å². The zero-order valence-corrected chi connectivity index (χ0v) is 36.4. The molecule has 2 aliphatic heterocycles. The first-order valence-electron chi connectivity index (χ1n) is 22.2. The molecular formula is C54H58O11. The molecule has 0 spiro atoms. The Bertz CT molecular complexity index is 2220. The molecule has 6 aromatic carbocycles. The monoisotopic (exact) mass is 882 g/mol. The first-order chi connectivity index (χ1) is 32.1. The lowest BCUT2D eigenvalue weighted by molar-refractivity contribution is -0.429. The lowest BCUT2D eigenvalue weighted by atomic mass is 9.94. The molecule has 0 amide bonds. The average molecular weight is 883 g/mol. The predicted molar refractivity (Wildman–Crippen MR) is 243 cm³/mol. The first kappa shape index (κ1) is 46.4. The summed E-state index contributed by atoms with van der Waals surface area (Å²) in [6.45, 7) is 0.357. The Morgan fingerprint density at radius 2 is 0.815 bits per heavy atom. The number of aliphatic hydroxyl groups excluding tert-OH is 2. The van der Waals surface area contributed by atoms with Gasteiger partial charge in [0.25, 0.3) is 0 Å². The van der Waals surface area contributed by atoms with Gasteiger partial charge in [0.15, 0.2) is 6.29 Å². The molecule has 340 valence electrons. The first-order valence-corrected chi connectivity index (χ1v) is 22.2. The smallest absolute Gasteiger partial charge is 0.224 e. The molecule has 11 heteroatoms. The number of rotatable bonds is 22. The highest BCUT2D eigenvalue weighted by Crippen LogP contribution is 2.39. The minimum absolute atomic E-state index is 0.132. The molecule has 0 unspecified atom stereocenters. The molecule has 2 heterocycles. The van der Waals surface area contributed by atoms with Gasteiger partial charge >= 0.3 is 0 Å². The zero-order valence-electron chi connectivity index (χ0n) is 36.4. The quantitative estimate of drug-likeness (QED) is 0.0691. The third-order valence-electron chi connectivity index (χ3n) is 11.5.